The number of benzene rings is 2. The molecule has 0 unspecified atom stereocenters. The Balaban J connectivity index is 1.92. The molecule has 5 heteroatoms. The van der Waals surface area contributed by atoms with E-state index in [1.54, 1.807) is 12.1 Å². The van der Waals surface area contributed by atoms with E-state index in [4.69, 9.17) is 9.15 Å². The largest absolute Gasteiger partial charge is 0.452 e. The first kappa shape index (κ1) is 17.7. The van der Waals surface area contributed by atoms with E-state index in [-0.39, 0.29) is 16.9 Å². The summed E-state index contributed by atoms with van der Waals surface area (Å²) in [6, 6.07) is 15.9. The summed E-state index contributed by atoms with van der Waals surface area (Å²) in [6.07, 6.45) is 2.98. The Morgan fingerprint density at radius 1 is 0.929 bits per heavy atom. The van der Waals surface area contributed by atoms with Crippen LogP contribution in [0.25, 0.3) is 22.3 Å². The van der Waals surface area contributed by atoms with E-state index in [1.807, 2.05) is 44.2 Å². The number of fused-ring (bicyclic) bond motifs is 1. The van der Waals surface area contributed by atoms with Crippen molar-refractivity contribution in [3.63, 3.8) is 0 Å². The van der Waals surface area contributed by atoms with Crippen LogP contribution in [0.2, 0.25) is 0 Å². The van der Waals surface area contributed by atoms with Crippen molar-refractivity contribution in [3.8, 4) is 17.1 Å². The van der Waals surface area contributed by atoms with Gasteiger partial charge in [-0.3, -0.25) is 9.78 Å². The van der Waals surface area contributed by atoms with E-state index in [1.165, 1.54) is 24.5 Å². The molecule has 0 aliphatic heterocycles. The van der Waals surface area contributed by atoms with Gasteiger partial charge in [-0.25, -0.2) is 4.79 Å². The molecule has 2 aromatic heterocycles. The standard InChI is InChI=1S/C23H17NO4/c1-14-3-6-16(7-4-14)21-22(28-23(26)17-9-11-24-12-10-17)20(25)18-13-15(2)5-8-19(18)27-21/h3-13H,1-2H3. The second-order valence-corrected chi connectivity index (χ2v) is 6.58. The Bertz CT molecular complexity index is 1230. The first-order valence-electron chi connectivity index (χ1n) is 8.79. The summed E-state index contributed by atoms with van der Waals surface area (Å²) in [5.41, 5.74) is 2.99. The Morgan fingerprint density at radius 2 is 1.61 bits per heavy atom. The molecule has 0 aliphatic carbocycles. The van der Waals surface area contributed by atoms with E-state index >= 15 is 0 Å². The fraction of sp³-hybridized carbons (Fsp3) is 0.0870. The van der Waals surface area contributed by atoms with Gasteiger partial charge in [0.1, 0.15) is 5.58 Å². The lowest BCUT2D eigenvalue weighted by Gasteiger charge is -2.11. The van der Waals surface area contributed by atoms with Gasteiger partial charge in [0.05, 0.1) is 10.9 Å². The molecule has 0 bridgehead atoms. The normalized spacial score (nSPS) is 10.8. The van der Waals surface area contributed by atoms with E-state index in [2.05, 4.69) is 4.98 Å². The molecule has 0 amide bonds. The molecule has 0 fully saturated rings. The van der Waals surface area contributed by atoms with Crippen LogP contribution in [-0.4, -0.2) is 11.0 Å². The van der Waals surface area contributed by atoms with Gasteiger partial charge in [-0.05, 0) is 38.1 Å². The van der Waals surface area contributed by atoms with Gasteiger partial charge >= 0.3 is 5.97 Å². The summed E-state index contributed by atoms with van der Waals surface area (Å²) in [5, 5.41) is 0.369. The second-order valence-electron chi connectivity index (χ2n) is 6.58. The van der Waals surface area contributed by atoms with Crippen LogP contribution in [0.1, 0.15) is 21.5 Å². The van der Waals surface area contributed by atoms with Crippen LogP contribution in [0, 0.1) is 13.8 Å². The molecule has 28 heavy (non-hydrogen) atoms. The number of carbonyl (C=O) groups excluding carboxylic acids is 1. The highest BCUT2D eigenvalue weighted by Gasteiger charge is 2.21. The fourth-order valence-corrected chi connectivity index (χ4v) is 2.92. The third kappa shape index (κ3) is 3.30. The lowest BCUT2D eigenvalue weighted by Crippen LogP contribution is -2.16. The predicted molar refractivity (Wildman–Crippen MR) is 107 cm³/mol. The fourth-order valence-electron chi connectivity index (χ4n) is 2.92. The third-order valence-corrected chi connectivity index (χ3v) is 4.43. The number of rotatable bonds is 3. The molecule has 138 valence electrons. The molecule has 0 N–H and O–H groups in total. The number of ether oxygens (including phenoxy) is 1. The number of hydrogen-bond acceptors (Lipinski definition) is 5. The quantitative estimate of drug-likeness (QED) is 0.489. The summed E-state index contributed by atoms with van der Waals surface area (Å²) < 4.78 is 11.5. The zero-order valence-electron chi connectivity index (χ0n) is 15.4. The lowest BCUT2D eigenvalue weighted by atomic mass is 10.1. The van der Waals surface area contributed by atoms with Gasteiger partial charge in [0.2, 0.25) is 11.2 Å². The van der Waals surface area contributed by atoms with Crippen molar-refractivity contribution in [2.24, 2.45) is 0 Å². The maximum Gasteiger partial charge on any atom is 0.343 e. The molecule has 4 rings (SSSR count). The summed E-state index contributed by atoms with van der Waals surface area (Å²) in [7, 11) is 0. The van der Waals surface area contributed by atoms with Crippen LogP contribution in [0.5, 0.6) is 5.75 Å². The van der Waals surface area contributed by atoms with Gasteiger partial charge in [0.25, 0.3) is 0 Å². The minimum Gasteiger partial charge on any atom is -0.452 e. The monoisotopic (exact) mass is 371 g/mol. The summed E-state index contributed by atoms with van der Waals surface area (Å²) in [6.45, 7) is 3.85. The molecule has 0 atom stereocenters. The average molecular weight is 371 g/mol. The van der Waals surface area contributed by atoms with Crippen molar-refractivity contribution in [1.29, 1.82) is 0 Å². The highest BCUT2D eigenvalue weighted by Crippen LogP contribution is 2.31. The summed E-state index contributed by atoms with van der Waals surface area (Å²) in [4.78, 5) is 29.6. The number of hydrogen-bond donors (Lipinski definition) is 0. The van der Waals surface area contributed by atoms with Gasteiger partial charge < -0.3 is 9.15 Å². The van der Waals surface area contributed by atoms with E-state index in [0.717, 1.165) is 11.1 Å². The summed E-state index contributed by atoms with van der Waals surface area (Å²) in [5.74, 6) is -0.539. The first-order chi connectivity index (χ1) is 13.5. The zero-order valence-corrected chi connectivity index (χ0v) is 15.4. The maximum absolute atomic E-state index is 13.2. The number of esters is 1. The number of aryl methyl sites for hydroxylation is 2. The van der Waals surface area contributed by atoms with Crippen LogP contribution < -0.4 is 10.2 Å². The third-order valence-electron chi connectivity index (χ3n) is 4.43. The van der Waals surface area contributed by atoms with E-state index in [9.17, 15) is 9.59 Å². The zero-order chi connectivity index (χ0) is 19.7. The number of nitrogens with zero attached hydrogens (tertiary/aromatic N) is 1. The smallest absolute Gasteiger partial charge is 0.343 e. The molecule has 2 aromatic carbocycles. The molecule has 0 spiro atoms. The molecule has 0 radical (unpaired) electrons. The number of carbonyl (C=O) groups is 1. The average Bonchev–Trinajstić information content (AvgIpc) is 2.71. The Kier molecular flexibility index (Phi) is 4.49. The SMILES string of the molecule is Cc1ccc(-c2oc3ccc(C)cc3c(=O)c2OC(=O)c2ccncc2)cc1. The molecule has 5 nitrogen and oxygen atoms in total. The van der Waals surface area contributed by atoms with Crippen molar-refractivity contribution in [3.05, 3.63) is 93.9 Å². The molecule has 0 aliphatic rings. The van der Waals surface area contributed by atoms with Gasteiger partial charge in [-0.1, -0.05) is 41.5 Å². The molecular weight excluding hydrogens is 354 g/mol. The van der Waals surface area contributed by atoms with Gasteiger partial charge in [-0.2, -0.15) is 0 Å². The van der Waals surface area contributed by atoms with Crippen molar-refractivity contribution in [1.82, 2.24) is 4.98 Å². The molecule has 0 saturated carbocycles. The second kappa shape index (κ2) is 7.12. The minimum absolute atomic E-state index is 0.122. The van der Waals surface area contributed by atoms with E-state index < -0.39 is 5.97 Å². The van der Waals surface area contributed by atoms with E-state index in [0.29, 0.717) is 22.1 Å². The number of aromatic nitrogens is 1. The van der Waals surface area contributed by atoms with Crippen LogP contribution in [0.15, 0.2) is 76.2 Å². The lowest BCUT2D eigenvalue weighted by molar-refractivity contribution is 0.0731. The van der Waals surface area contributed by atoms with Crippen molar-refractivity contribution < 1.29 is 13.9 Å². The van der Waals surface area contributed by atoms with Crippen LogP contribution >= 0.6 is 0 Å². The molecule has 0 saturated heterocycles. The molecule has 2 heterocycles. The molecule has 4 aromatic rings. The predicted octanol–water partition coefficient (Wildman–Crippen LogP) is 4.69. The Hall–Kier alpha value is -3.73. The maximum atomic E-state index is 13.2. The topological polar surface area (TPSA) is 69.4 Å². The highest BCUT2D eigenvalue weighted by molar-refractivity contribution is 5.92. The Labute approximate surface area is 161 Å². The van der Waals surface area contributed by atoms with Crippen molar-refractivity contribution in [2.45, 2.75) is 13.8 Å². The number of pyridine rings is 1. The van der Waals surface area contributed by atoms with Crippen molar-refractivity contribution in [2.75, 3.05) is 0 Å². The summed E-state index contributed by atoms with van der Waals surface area (Å²) >= 11 is 0. The van der Waals surface area contributed by atoms with Crippen LogP contribution in [-0.2, 0) is 0 Å². The molecular formula is C23H17NO4. The van der Waals surface area contributed by atoms with Gasteiger partial charge in [0.15, 0.2) is 5.76 Å². The van der Waals surface area contributed by atoms with Crippen LogP contribution in [0.4, 0.5) is 0 Å². The minimum atomic E-state index is -0.643. The van der Waals surface area contributed by atoms with Crippen LogP contribution in [0.3, 0.4) is 0 Å². The van der Waals surface area contributed by atoms with Gasteiger partial charge in [-0.15, -0.1) is 0 Å². The Morgan fingerprint density at radius 3 is 2.32 bits per heavy atom. The van der Waals surface area contributed by atoms with Gasteiger partial charge in [0, 0.05) is 18.0 Å². The highest BCUT2D eigenvalue weighted by atomic mass is 16.5. The van der Waals surface area contributed by atoms with Crippen molar-refractivity contribution >= 4 is 16.9 Å². The first-order valence-corrected chi connectivity index (χ1v) is 8.79.